The number of carbonyl (C=O) groups excluding carboxylic acids is 3. The highest BCUT2D eigenvalue weighted by atomic mass is 16.6. The van der Waals surface area contributed by atoms with Crippen molar-refractivity contribution in [1.82, 2.24) is 24.8 Å². The van der Waals surface area contributed by atoms with Crippen LogP contribution in [0, 0.1) is 17.8 Å². The molecule has 3 aromatic rings. The van der Waals surface area contributed by atoms with Crippen molar-refractivity contribution in [3.05, 3.63) is 85.5 Å². The van der Waals surface area contributed by atoms with Crippen molar-refractivity contribution in [2.75, 3.05) is 19.8 Å². The molecule has 4 heterocycles. The molecular formula is C36H43N5O6. The first kappa shape index (κ1) is 32.6. The van der Waals surface area contributed by atoms with Gasteiger partial charge in [0.05, 0.1) is 36.3 Å². The van der Waals surface area contributed by atoms with Gasteiger partial charge in [0.15, 0.2) is 0 Å². The first-order valence-electron chi connectivity index (χ1n) is 16.3. The Kier molecular flexibility index (Phi) is 9.04. The molecule has 3 saturated heterocycles. The zero-order valence-electron chi connectivity index (χ0n) is 27.0. The van der Waals surface area contributed by atoms with Crippen molar-refractivity contribution in [2.24, 2.45) is 17.8 Å². The van der Waals surface area contributed by atoms with Gasteiger partial charge in [-0.15, -0.1) is 18.3 Å². The third-order valence-electron chi connectivity index (χ3n) is 10.3. The third-order valence-corrected chi connectivity index (χ3v) is 10.3. The monoisotopic (exact) mass is 641 g/mol. The summed E-state index contributed by atoms with van der Waals surface area (Å²) in [4.78, 5) is 46.7. The first-order chi connectivity index (χ1) is 22.7. The highest BCUT2D eigenvalue weighted by Gasteiger charge is 2.80. The van der Waals surface area contributed by atoms with E-state index < -0.39 is 41.1 Å². The maximum absolute atomic E-state index is 15.0. The van der Waals surface area contributed by atoms with Crippen LogP contribution in [0.2, 0.25) is 0 Å². The van der Waals surface area contributed by atoms with E-state index in [1.54, 1.807) is 21.7 Å². The van der Waals surface area contributed by atoms with E-state index in [4.69, 9.17) is 9.47 Å². The number of hydrogen-bond donors (Lipinski definition) is 1. The lowest BCUT2D eigenvalue weighted by atomic mass is 9.62. The Bertz CT molecular complexity index is 1660. The number of rotatable bonds is 14. The van der Waals surface area contributed by atoms with Crippen molar-refractivity contribution in [1.29, 1.82) is 0 Å². The molecule has 2 amide bonds. The Morgan fingerprint density at radius 3 is 2.64 bits per heavy atom. The fourth-order valence-corrected chi connectivity index (χ4v) is 8.06. The molecule has 7 atom stereocenters. The number of hydrogen-bond acceptors (Lipinski definition) is 8. The smallest absolute Gasteiger partial charge is 0.312 e. The van der Waals surface area contributed by atoms with Gasteiger partial charge in [0, 0.05) is 6.54 Å². The Hall–Kier alpha value is -4.35. The van der Waals surface area contributed by atoms with Crippen LogP contribution in [0.3, 0.4) is 0 Å². The lowest BCUT2D eigenvalue weighted by molar-refractivity contribution is -0.164. The molecule has 6 rings (SSSR count). The number of aliphatic hydroxyl groups excluding tert-OH is 1. The predicted molar refractivity (Wildman–Crippen MR) is 174 cm³/mol. The van der Waals surface area contributed by atoms with Gasteiger partial charge in [0.2, 0.25) is 11.8 Å². The van der Waals surface area contributed by atoms with E-state index in [1.165, 1.54) is 4.90 Å². The molecule has 3 aliphatic heterocycles. The molecule has 2 bridgehead atoms. The fraction of sp³-hybridized carbons (Fsp3) is 0.472. The van der Waals surface area contributed by atoms with E-state index in [-0.39, 0.29) is 44.2 Å². The largest absolute Gasteiger partial charge is 0.465 e. The summed E-state index contributed by atoms with van der Waals surface area (Å²) < 4.78 is 14.3. The SMILES string of the molecule is C=CCCCOC(=O)[C@@H]1[C@H]2C(=O)N([C@@H](CO)Cc3ccccc3)C(C(=O)N(CC=C)Cn3nnc4ccccc43)C23CC(C)[C@@]1(C)O3. The number of unbranched alkanes of at least 4 members (excludes halogenated alkanes) is 1. The highest BCUT2D eigenvalue weighted by molar-refractivity contribution is 5.99. The molecule has 1 spiro atoms. The van der Waals surface area contributed by atoms with Gasteiger partial charge in [-0.05, 0) is 56.2 Å². The van der Waals surface area contributed by atoms with Gasteiger partial charge in [0.1, 0.15) is 29.7 Å². The standard InChI is InChI=1S/C36H43N5O6/c1-5-7-13-19-46-34(45)30-29-32(43)41(26(22-42)20-25-14-9-8-10-15-25)31(36(29)21-24(3)35(30,4)47-36)33(44)39(18-6-2)23-40-28-17-12-11-16-27(28)37-38-40/h5-6,8-12,14-17,24,26,29-31,42H,1-2,7,13,18-23H2,3-4H3/t24?,26-,29+,30+,31?,35-,36?/m1/s1. The molecule has 0 saturated carbocycles. The minimum absolute atomic E-state index is 0.0503. The minimum Gasteiger partial charge on any atom is -0.465 e. The number of likely N-dealkylation sites (tertiary alicyclic amines) is 1. The van der Waals surface area contributed by atoms with Crippen LogP contribution in [0.4, 0.5) is 0 Å². The summed E-state index contributed by atoms with van der Waals surface area (Å²) in [5.41, 5.74) is 0.0227. The number of carbonyl (C=O) groups is 3. The Labute approximate surface area is 274 Å². The van der Waals surface area contributed by atoms with Gasteiger partial charge < -0.3 is 24.4 Å². The lowest BCUT2D eigenvalue weighted by Gasteiger charge is -2.39. The van der Waals surface area contributed by atoms with Crippen LogP contribution in [-0.4, -0.2) is 90.7 Å². The summed E-state index contributed by atoms with van der Waals surface area (Å²) in [5, 5.41) is 19.4. The van der Waals surface area contributed by atoms with Crippen LogP contribution in [-0.2, 0) is 36.9 Å². The number of aliphatic hydroxyl groups is 1. The second kappa shape index (κ2) is 13.0. The van der Waals surface area contributed by atoms with E-state index in [0.717, 1.165) is 11.1 Å². The molecule has 3 aliphatic rings. The molecule has 248 valence electrons. The van der Waals surface area contributed by atoms with Gasteiger partial charge >= 0.3 is 5.97 Å². The van der Waals surface area contributed by atoms with E-state index in [0.29, 0.717) is 31.2 Å². The van der Waals surface area contributed by atoms with Gasteiger partial charge in [-0.1, -0.05) is 66.8 Å². The van der Waals surface area contributed by atoms with Crippen LogP contribution in [0.5, 0.6) is 0 Å². The molecule has 3 fully saturated rings. The maximum atomic E-state index is 15.0. The van der Waals surface area contributed by atoms with Crippen molar-refractivity contribution in [3.63, 3.8) is 0 Å². The normalized spacial score (nSPS) is 28.3. The van der Waals surface area contributed by atoms with Gasteiger partial charge in [-0.2, -0.15) is 0 Å². The van der Waals surface area contributed by atoms with Gasteiger partial charge in [-0.3, -0.25) is 14.4 Å². The van der Waals surface area contributed by atoms with Crippen molar-refractivity contribution < 1.29 is 29.0 Å². The molecule has 47 heavy (non-hydrogen) atoms. The second-order valence-electron chi connectivity index (χ2n) is 13.1. The molecule has 11 nitrogen and oxygen atoms in total. The van der Waals surface area contributed by atoms with E-state index in [2.05, 4.69) is 23.5 Å². The van der Waals surface area contributed by atoms with Gasteiger partial charge in [0.25, 0.3) is 0 Å². The van der Waals surface area contributed by atoms with Crippen LogP contribution in [0.25, 0.3) is 11.0 Å². The maximum Gasteiger partial charge on any atom is 0.312 e. The molecule has 0 radical (unpaired) electrons. The second-order valence-corrected chi connectivity index (χ2v) is 13.1. The predicted octanol–water partition coefficient (Wildman–Crippen LogP) is 3.53. The lowest BCUT2D eigenvalue weighted by Crippen LogP contribution is -2.59. The number of nitrogens with zero attached hydrogens (tertiary/aromatic N) is 5. The molecule has 11 heteroatoms. The van der Waals surface area contributed by atoms with Crippen molar-refractivity contribution >= 4 is 28.8 Å². The average Bonchev–Trinajstić information content (AvgIpc) is 3.75. The van der Waals surface area contributed by atoms with Crippen molar-refractivity contribution in [3.8, 4) is 0 Å². The molecule has 1 N–H and O–H groups in total. The van der Waals surface area contributed by atoms with E-state index >= 15 is 4.79 Å². The summed E-state index contributed by atoms with van der Waals surface area (Å²) in [6, 6.07) is 15.1. The first-order valence-corrected chi connectivity index (χ1v) is 16.3. The Morgan fingerprint density at radius 1 is 1.17 bits per heavy atom. The number of fused-ring (bicyclic) bond motifs is 2. The minimum atomic E-state index is -1.30. The summed E-state index contributed by atoms with van der Waals surface area (Å²) in [6.45, 7) is 11.5. The molecule has 0 aliphatic carbocycles. The van der Waals surface area contributed by atoms with E-state index in [1.807, 2.05) is 68.4 Å². The zero-order valence-corrected chi connectivity index (χ0v) is 27.0. The number of aromatic nitrogens is 3. The average molecular weight is 642 g/mol. The molecular weight excluding hydrogens is 598 g/mol. The summed E-state index contributed by atoms with van der Waals surface area (Å²) in [6.07, 6.45) is 5.40. The van der Waals surface area contributed by atoms with Crippen LogP contribution in [0.1, 0.15) is 38.7 Å². The number of amides is 2. The Balaban J connectivity index is 1.42. The van der Waals surface area contributed by atoms with Crippen molar-refractivity contribution in [2.45, 2.75) is 69.5 Å². The molecule has 2 aromatic carbocycles. The third kappa shape index (κ3) is 5.45. The number of allylic oxidation sites excluding steroid dienone is 1. The summed E-state index contributed by atoms with van der Waals surface area (Å²) >= 11 is 0. The summed E-state index contributed by atoms with van der Waals surface area (Å²) in [5.74, 6) is -3.27. The highest BCUT2D eigenvalue weighted by Crippen LogP contribution is 2.65. The number of para-hydroxylation sites is 1. The van der Waals surface area contributed by atoms with Crippen LogP contribution >= 0.6 is 0 Å². The Morgan fingerprint density at radius 2 is 1.91 bits per heavy atom. The number of esters is 1. The van der Waals surface area contributed by atoms with Gasteiger partial charge in [-0.25, -0.2) is 4.68 Å². The zero-order chi connectivity index (χ0) is 33.3. The van der Waals surface area contributed by atoms with Crippen LogP contribution in [0.15, 0.2) is 79.9 Å². The molecule has 1 aromatic heterocycles. The quantitative estimate of drug-likeness (QED) is 0.161. The molecule has 3 unspecified atom stereocenters. The fourth-order valence-electron chi connectivity index (χ4n) is 8.06. The van der Waals surface area contributed by atoms with Crippen LogP contribution < -0.4 is 0 Å². The number of ether oxygens (including phenoxy) is 2. The number of benzene rings is 2. The summed E-state index contributed by atoms with van der Waals surface area (Å²) in [7, 11) is 0. The topological polar surface area (TPSA) is 127 Å². The van der Waals surface area contributed by atoms with E-state index in [9.17, 15) is 14.7 Å².